The van der Waals surface area contributed by atoms with Crippen LogP contribution in [0.3, 0.4) is 0 Å². The summed E-state index contributed by atoms with van der Waals surface area (Å²) in [5.41, 5.74) is 3.77. The largest absolute Gasteiger partial charge is 0.495 e. The Hall–Kier alpha value is -3.06. The standard InChI is InChI=1S/C14H10F5N5O2.C5H11N/c1-26-8-3-9-21-4-7(10-5(15)2-6(16)13(20)22-10)24(9)23-11(8)12(25)14(17,18)19;1-2-4-6-5-3-1/h2-4,12,25H,1H3,(H2,20,22);6H,1-5H2. The topological polar surface area (TPSA) is 111 Å². The first-order valence-corrected chi connectivity index (χ1v) is 9.63. The number of hydrogen-bond acceptors (Lipinski definition) is 7. The van der Waals surface area contributed by atoms with Crippen LogP contribution in [-0.4, -0.2) is 51.1 Å². The Morgan fingerprint density at radius 3 is 2.38 bits per heavy atom. The summed E-state index contributed by atoms with van der Waals surface area (Å²) in [5, 5.41) is 16.4. The monoisotopic (exact) mass is 460 g/mol. The van der Waals surface area contributed by atoms with Crippen LogP contribution in [0, 0.1) is 11.6 Å². The number of halogens is 5. The van der Waals surface area contributed by atoms with Crippen molar-refractivity contribution < 1.29 is 31.8 Å². The molecule has 0 saturated carbocycles. The van der Waals surface area contributed by atoms with E-state index in [0.29, 0.717) is 6.07 Å². The zero-order valence-corrected chi connectivity index (χ0v) is 17.0. The lowest BCUT2D eigenvalue weighted by Crippen LogP contribution is -2.23. The van der Waals surface area contributed by atoms with Crippen LogP contribution in [0.2, 0.25) is 0 Å². The van der Waals surface area contributed by atoms with Crippen LogP contribution >= 0.6 is 0 Å². The maximum absolute atomic E-state index is 14.0. The van der Waals surface area contributed by atoms with Crippen molar-refractivity contribution in [2.75, 3.05) is 25.9 Å². The van der Waals surface area contributed by atoms with Crippen molar-refractivity contribution in [1.29, 1.82) is 0 Å². The molecule has 0 aromatic carbocycles. The highest BCUT2D eigenvalue weighted by molar-refractivity contribution is 5.62. The molecule has 1 atom stereocenters. The molecule has 0 radical (unpaired) electrons. The Morgan fingerprint density at radius 2 is 1.84 bits per heavy atom. The third kappa shape index (κ3) is 5.05. The maximum atomic E-state index is 14.0. The van der Waals surface area contributed by atoms with Crippen LogP contribution in [0.15, 0.2) is 18.3 Å². The number of alkyl halides is 3. The van der Waals surface area contributed by atoms with Gasteiger partial charge >= 0.3 is 6.18 Å². The number of aliphatic hydroxyl groups excluding tert-OH is 1. The van der Waals surface area contributed by atoms with Gasteiger partial charge in [-0.25, -0.2) is 23.3 Å². The zero-order valence-electron chi connectivity index (χ0n) is 17.0. The van der Waals surface area contributed by atoms with Crippen molar-refractivity contribution in [2.45, 2.75) is 31.5 Å². The molecule has 1 unspecified atom stereocenters. The average molecular weight is 460 g/mol. The summed E-state index contributed by atoms with van der Waals surface area (Å²) in [6.07, 6.45) is -2.69. The van der Waals surface area contributed by atoms with E-state index in [1.54, 1.807) is 0 Å². The van der Waals surface area contributed by atoms with E-state index in [0.717, 1.165) is 23.9 Å². The van der Waals surface area contributed by atoms with Gasteiger partial charge in [0.1, 0.15) is 22.8 Å². The summed E-state index contributed by atoms with van der Waals surface area (Å²) in [4.78, 5) is 7.42. The van der Waals surface area contributed by atoms with Crippen LogP contribution in [0.4, 0.5) is 27.8 Å². The molecule has 3 aromatic heterocycles. The third-order valence-electron chi connectivity index (χ3n) is 4.68. The Morgan fingerprint density at radius 1 is 1.16 bits per heavy atom. The number of anilines is 1. The fourth-order valence-corrected chi connectivity index (χ4v) is 3.04. The van der Waals surface area contributed by atoms with Crippen LogP contribution in [0.1, 0.15) is 31.1 Å². The first-order valence-electron chi connectivity index (χ1n) is 9.63. The molecular formula is C19H21F5N6O2. The molecule has 0 spiro atoms. The van der Waals surface area contributed by atoms with E-state index in [4.69, 9.17) is 10.5 Å². The first-order chi connectivity index (χ1) is 15.1. The Labute approximate surface area is 179 Å². The zero-order chi connectivity index (χ0) is 23.5. The van der Waals surface area contributed by atoms with Gasteiger partial charge in [0.05, 0.1) is 13.3 Å². The van der Waals surface area contributed by atoms with Crippen LogP contribution < -0.4 is 15.8 Å². The lowest BCUT2D eigenvalue weighted by atomic mass is 10.2. The van der Waals surface area contributed by atoms with Crippen molar-refractivity contribution in [2.24, 2.45) is 0 Å². The minimum Gasteiger partial charge on any atom is -0.495 e. The molecule has 1 aliphatic rings. The van der Waals surface area contributed by atoms with E-state index < -0.39 is 41.1 Å². The van der Waals surface area contributed by atoms with Gasteiger partial charge in [-0.3, -0.25) is 0 Å². The maximum Gasteiger partial charge on any atom is 0.420 e. The lowest BCUT2D eigenvalue weighted by molar-refractivity contribution is -0.208. The fourth-order valence-electron chi connectivity index (χ4n) is 3.04. The Balaban J connectivity index is 0.000000416. The smallest absolute Gasteiger partial charge is 0.420 e. The number of nitrogens with zero attached hydrogens (tertiary/aromatic N) is 4. The number of nitrogens with two attached hydrogens (primary N) is 1. The molecule has 3 aromatic rings. The summed E-state index contributed by atoms with van der Waals surface area (Å²) >= 11 is 0. The Bertz CT molecular complexity index is 1070. The average Bonchev–Trinajstić information content (AvgIpc) is 3.18. The molecule has 1 saturated heterocycles. The van der Waals surface area contributed by atoms with E-state index >= 15 is 0 Å². The number of rotatable bonds is 3. The van der Waals surface area contributed by atoms with Crippen molar-refractivity contribution in [3.8, 4) is 17.1 Å². The van der Waals surface area contributed by atoms with Crippen molar-refractivity contribution in [1.82, 2.24) is 24.9 Å². The van der Waals surface area contributed by atoms with E-state index in [1.807, 2.05) is 0 Å². The number of pyridine rings is 1. The van der Waals surface area contributed by atoms with Crippen LogP contribution in [-0.2, 0) is 0 Å². The molecule has 4 N–H and O–H groups in total. The van der Waals surface area contributed by atoms with Gasteiger partial charge in [-0.1, -0.05) is 6.42 Å². The number of aromatic nitrogens is 4. The molecule has 0 bridgehead atoms. The SMILES string of the molecule is C1CCNCC1.COc1cc2ncc(-c3nc(N)c(F)cc3F)n2nc1C(O)C(F)(F)F. The van der Waals surface area contributed by atoms with E-state index in [-0.39, 0.29) is 17.1 Å². The molecule has 1 aliphatic heterocycles. The normalized spacial score (nSPS) is 15.2. The fraction of sp³-hybridized carbons (Fsp3) is 0.421. The number of nitrogens with one attached hydrogen (secondary N) is 1. The number of piperidine rings is 1. The van der Waals surface area contributed by atoms with Crippen LogP contribution in [0.5, 0.6) is 5.75 Å². The minimum atomic E-state index is -5.02. The number of aliphatic hydroxyl groups is 1. The molecule has 0 aliphatic carbocycles. The van der Waals surface area contributed by atoms with Gasteiger partial charge in [0.25, 0.3) is 0 Å². The number of imidazole rings is 1. The second-order valence-electron chi connectivity index (χ2n) is 6.95. The highest BCUT2D eigenvalue weighted by Crippen LogP contribution is 2.36. The third-order valence-corrected chi connectivity index (χ3v) is 4.68. The summed E-state index contributed by atoms with van der Waals surface area (Å²) in [7, 11) is 1.09. The van der Waals surface area contributed by atoms with Gasteiger partial charge in [-0.15, -0.1) is 0 Å². The molecule has 0 amide bonds. The highest BCUT2D eigenvalue weighted by Gasteiger charge is 2.42. The molecule has 4 rings (SSSR count). The molecule has 13 heteroatoms. The predicted molar refractivity (Wildman–Crippen MR) is 105 cm³/mol. The van der Waals surface area contributed by atoms with Gasteiger partial charge in [0, 0.05) is 12.1 Å². The summed E-state index contributed by atoms with van der Waals surface area (Å²) in [5.74, 6) is -3.19. The van der Waals surface area contributed by atoms with E-state index in [9.17, 15) is 27.1 Å². The number of fused-ring (bicyclic) bond motifs is 1. The molecule has 8 nitrogen and oxygen atoms in total. The minimum absolute atomic E-state index is 0.0147. The van der Waals surface area contributed by atoms with E-state index in [2.05, 4.69) is 20.4 Å². The predicted octanol–water partition coefficient (Wildman–Crippen LogP) is 3.02. The van der Waals surface area contributed by atoms with Crippen molar-refractivity contribution in [3.05, 3.63) is 35.7 Å². The second kappa shape index (κ2) is 9.61. The van der Waals surface area contributed by atoms with E-state index in [1.165, 1.54) is 32.4 Å². The molecular weight excluding hydrogens is 439 g/mol. The molecule has 174 valence electrons. The van der Waals surface area contributed by atoms with Gasteiger partial charge in [-0.2, -0.15) is 18.3 Å². The Kier molecular flexibility index (Phi) is 7.09. The lowest BCUT2D eigenvalue weighted by Gasteiger charge is -2.17. The first kappa shape index (κ1) is 23.6. The summed E-state index contributed by atoms with van der Waals surface area (Å²) in [6.45, 7) is 2.50. The second-order valence-corrected chi connectivity index (χ2v) is 6.95. The highest BCUT2D eigenvalue weighted by atomic mass is 19.4. The van der Waals surface area contributed by atoms with Crippen molar-refractivity contribution >= 4 is 11.5 Å². The van der Waals surface area contributed by atoms with Crippen molar-refractivity contribution in [3.63, 3.8) is 0 Å². The van der Waals surface area contributed by atoms with Crippen LogP contribution in [0.25, 0.3) is 17.0 Å². The molecule has 4 heterocycles. The van der Waals surface area contributed by atoms with Gasteiger partial charge < -0.3 is 20.9 Å². The number of ether oxygens (including phenoxy) is 1. The quantitative estimate of drug-likeness (QED) is 0.516. The van der Waals surface area contributed by atoms with Gasteiger partial charge in [-0.05, 0) is 25.9 Å². The molecule has 32 heavy (non-hydrogen) atoms. The number of nitrogen functional groups attached to an aromatic ring is 1. The number of methoxy groups -OCH3 is 1. The number of hydrogen-bond donors (Lipinski definition) is 3. The van der Waals surface area contributed by atoms with Gasteiger partial charge in [0.15, 0.2) is 29.2 Å². The molecule has 1 fully saturated rings. The summed E-state index contributed by atoms with van der Waals surface area (Å²) < 4.78 is 71.5. The van der Waals surface area contributed by atoms with Gasteiger partial charge in [0.2, 0.25) is 0 Å². The summed E-state index contributed by atoms with van der Waals surface area (Å²) in [6, 6.07) is 1.55.